The lowest BCUT2D eigenvalue weighted by Crippen LogP contribution is -2.56. The minimum Gasteiger partial charge on any atom is -0.314 e. The normalized spacial score (nSPS) is 20.3. The van der Waals surface area contributed by atoms with Crippen LogP contribution in [0.25, 0.3) is 22.3 Å². The molecule has 11 rings (SSSR count). The zero-order chi connectivity index (χ0) is 41.1. The van der Waals surface area contributed by atoms with E-state index in [9.17, 15) is 0 Å². The van der Waals surface area contributed by atoms with Crippen LogP contribution in [0.4, 0.5) is 28.4 Å². The van der Waals surface area contributed by atoms with Crippen molar-refractivity contribution in [1.82, 2.24) is 0 Å². The Balaban J connectivity index is 1.28. The van der Waals surface area contributed by atoms with Gasteiger partial charge in [-0.25, -0.2) is 0 Å². The highest BCUT2D eigenvalue weighted by molar-refractivity contribution is 8.06. The first-order chi connectivity index (χ1) is 29.0. The predicted octanol–water partition coefficient (Wildman–Crippen LogP) is 13.9. The van der Waals surface area contributed by atoms with E-state index in [-0.39, 0.29) is 23.5 Å². The van der Waals surface area contributed by atoms with E-state index >= 15 is 0 Å². The average molecular weight is 797 g/mol. The molecule has 6 aromatic carbocycles. The van der Waals surface area contributed by atoms with Crippen LogP contribution in [0.1, 0.15) is 71.1 Å². The lowest BCUT2D eigenvalue weighted by molar-refractivity contribution is 0.332. The van der Waals surface area contributed by atoms with Crippen LogP contribution < -0.4 is 20.7 Å². The second-order valence-electron chi connectivity index (χ2n) is 19.4. The molecule has 0 spiro atoms. The summed E-state index contributed by atoms with van der Waals surface area (Å²) in [5.41, 5.74) is 21.4. The standard InChI is InChI=1S/C56H53BN2S/c1-35(2)39-26-27-43-50(32-39)60-54-53(43)58(40-22-15-10-16-23-40)48-30-36(3)31-49-51(48)57(54)46-33-44-45(56(6,7)29-28-55(44,4)5)34-47(46)59(49)52-41(37-18-11-8-12-19-37)24-17-25-42(52)38-20-13-9-14-21-38/h8-27,30-35,43,50H,28-29H2,1-7H3. The molecule has 60 heavy (non-hydrogen) atoms. The molecule has 0 saturated heterocycles. The minimum absolute atomic E-state index is 0.0474. The molecule has 4 heteroatoms. The predicted molar refractivity (Wildman–Crippen MR) is 260 cm³/mol. The summed E-state index contributed by atoms with van der Waals surface area (Å²) in [4.78, 5) is 6.87. The first-order valence-electron chi connectivity index (χ1n) is 22.0. The third-order valence-corrected chi connectivity index (χ3v) is 15.7. The Labute approximate surface area is 361 Å². The SMILES string of the molecule is Cc1cc2c3c(c1)N(c1c(-c4ccccc4)cccc1-c1ccccc1)c1cc4c(cc1B3C1=C(C3C=CC(C(C)C)=CC3S1)N2c1ccccc1)C(C)(C)CCC4(C)C. The zero-order valence-corrected chi connectivity index (χ0v) is 36.8. The highest BCUT2D eigenvalue weighted by Gasteiger charge is 2.52. The van der Waals surface area contributed by atoms with Gasteiger partial charge in [-0.15, -0.1) is 11.8 Å². The van der Waals surface area contributed by atoms with E-state index < -0.39 is 0 Å². The first kappa shape index (κ1) is 37.5. The molecule has 5 aliphatic rings. The molecular formula is C56H53BN2S. The second kappa shape index (κ2) is 13.8. The fraction of sp³-hybridized carbons (Fsp3) is 0.250. The van der Waals surface area contributed by atoms with E-state index in [2.05, 4.69) is 222 Å². The van der Waals surface area contributed by atoms with Gasteiger partial charge in [-0.2, -0.15) is 0 Å². The number of thioether (sulfide) groups is 1. The number of benzene rings is 6. The summed E-state index contributed by atoms with van der Waals surface area (Å²) in [6, 6.07) is 50.6. The zero-order valence-electron chi connectivity index (χ0n) is 36.0. The summed E-state index contributed by atoms with van der Waals surface area (Å²) in [5.74, 6) is 0.768. The van der Waals surface area contributed by atoms with Crippen molar-refractivity contribution < 1.29 is 0 Å². The molecule has 0 aromatic heterocycles. The molecule has 0 N–H and O–H groups in total. The fourth-order valence-electron chi connectivity index (χ4n) is 11.0. The third-order valence-electron chi connectivity index (χ3n) is 14.3. The van der Waals surface area contributed by atoms with Gasteiger partial charge in [0.05, 0.1) is 5.69 Å². The topological polar surface area (TPSA) is 6.48 Å². The highest BCUT2D eigenvalue weighted by atomic mass is 32.2. The summed E-state index contributed by atoms with van der Waals surface area (Å²) in [7, 11) is 0. The van der Waals surface area contributed by atoms with Gasteiger partial charge < -0.3 is 9.80 Å². The number of nitrogens with zero attached hydrogens (tertiary/aromatic N) is 2. The summed E-state index contributed by atoms with van der Waals surface area (Å²) in [5, 5.41) is 0.348. The van der Waals surface area contributed by atoms with Crippen molar-refractivity contribution in [2.75, 3.05) is 9.80 Å². The van der Waals surface area contributed by atoms with Gasteiger partial charge in [-0.1, -0.05) is 163 Å². The van der Waals surface area contributed by atoms with Crippen LogP contribution in [0.2, 0.25) is 0 Å². The maximum Gasteiger partial charge on any atom is 0.259 e. The summed E-state index contributed by atoms with van der Waals surface area (Å²) in [6.07, 6.45) is 9.89. The highest BCUT2D eigenvalue weighted by Crippen LogP contribution is 2.58. The van der Waals surface area contributed by atoms with Crippen molar-refractivity contribution in [2.24, 2.45) is 11.8 Å². The molecule has 0 bridgehead atoms. The Hall–Kier alpha value is -5.45. The molecule has 0 amide bonds. The quantitative estimate of drug-likeness (QED) is 0.161. The van der Waals surface area contributed by atoms with Gasteiger partial charge in [0.15, 0.2) is 0 Å². The molecule has 0 radical (unpaired) electrons. The number of hydrogen-bond acceptors (Lipinski definition) is 3. The lowest BCUT2D eigenvalue weighted by atomic mass is 9.36. The molecule has 6 aromatic rings. The van der Waals surface area contributed by atoms with Crippen LogP contribution in [0, 0.1) is 18.8 Å². The molecule has 296 valence electrons. The monoisotopic (exact) mass is 796 g/mol. The summed E-state index contributed by atoms with van der Waals surface area (Å²) >= 11 is 2.13. The van der Waals surface area contributed by atoms with Gasteiger partial charge in [0.2, 0.25) is 0 Å². The Bertz CT molecular complexity index is 2740. The number of rotatable bonds is 5. The number of fused-ring (bicyclic) bond motifs is 6. The van der Waals surface area contributed by atoms with E-state index in [0.717, 1.165) is 0 Å². The van der Waals surface area contributed by atoms with Crippen LogP contribution in [-0.4, -0.2) is 12.0 Å². The number of aryl methyl sites for hydroxylation is 1. The van der Waals surface area contributed by atoms with Crippen LogP contribution in [0.3, 0.4) is 0 Å². The molecule has 2 unspecified atom stereocenters. The number of anilines is 5. The molecule has 3 aliphatic heterocycles. The Morgan fingerprint density at radius 3 is 1.82 bits per heavy atom. The molecule has 0 saturated carbocycles. The van der Waals surface area contributed by atoms with Crippen molar-refractivity contribution in [3.05, 3.63) is 184 Å². The van der Waals surface area contributed by atoms with E-state index in [1.165, 1.54) is 107 Å². The number of para-hydroxylation sites is 2. The van der Waals surface area contributed by atoms with E-state index in [1.807, 2.05) is 0 Å². The summed E-state index contributed by atoms with van der Waals surface area (Å²) < 4.78 is 0. The average Bonchev–Trinajstić information content (AvgIpc) is 3.64. The summed E-state index contributed by atoms with van der Waals surface area (Å²) in [6.45, 7) is 17.0. The van der Waals surface area contributed by atoms with E-state index in [1.54, 1.807) is 0 Å². The van der Waals surface area contributed by atoms with Gasteiger partial charge in [0, 0.05) is 50.7 Å². The van der Waals surface area contributed by atoms with Crippen molar-refractivity contribution in [1.29, 1.82) is 0 Å². The largest absolute Gasteiger partial charge is 0.314 e. The molecule has 0 fully saturated rings. The van der Waals surface area contributed by atoms with Crippen molar-refractivity contribution in [3.63, 3.8) is 0 Å². The Morgan fingerprint density at radius 1 is 0.650 bits per heavy atom. The van der Waals surface area contributed by atoms with Gasteiger partial charge >= 0.3 is 0 Å². The maximum absolute atomic E-state index is 2.71. The Morgan fingerprint density at radius 2 is 1.22 bits per heavy atom. The smallest absolute Gasteiger partial charge is 0.259 e. The minimum atomic E-state index is 0.0474. The van der Waals surface area contributed by atoms with Crippen LogP contribution in [-0.2, 0) is 10.8 Å². The fourth-order valence-corrected chi connectivity index (χ4v) is 12.6. The van der Waals surface area contributed by atoms with Crippen LogP contribution >= 0.6 is 11.8 Å². The van der Waals surface area contributed by atoms with E-state index in [4.69, 9.17) is 0 Å². The van der Waals surface area contributed by atoms with Gasteiger partial charge in [0.25, 0.3) is 6.71 Å². The molecular weight excluding hydrogens is 744 g/mol. The molecule has 2 aliphatic carbocycles. The number of hydrogen-bond donors (Lipinski definition) is 0. The third kappa shape index (κ3) is 5.70. The van der Waals surface area contributed by atoms with Crippen molar-refractivity contribution in [3.8, 4) is 22.3 Å². The Kier molecular flexibility index (Phi) is 8.63. The van der Waals surface area contributed by atoms with Gasteiger partial charge in [0.1, 0.15) is 0 Å². The molecule has 3 heterocycles. The lowest BCUT2D eigenvalue weighted by Gasteiger charge is -2.48. The van der Waals surface area contributed by atoms with Crippen LogP contribution in [0.15, 0.2) is 168 Å². The van der Waals surface area contributed by atoms with Gasteiger partial charge in [-0.3, -0.25) is 0 Å². The maximum atomic E-state index is 2.71. The van der Waals surface area contributed by atoms with Gasteiger partial charge in [-0.05, 0) is 116 Å². The number of allylic oxidation sites excluding steroid dienone is 3. The van der Waals surface area contributed by atoms with Crippen molar-refractivity contribution in [2.45, 2.75) is 77.4 Å². The van der Waals surface area contributed by atoms with Crippen LogP contribution in [0.5, 0.6) is 0 Å². The van der Waals surface area contributed by atoms with E-state index in [0.29, 0.717) is 11.2 Å². The van der Waals surface area contributed by atoms with Crippen molar-refractivity contribution >= 4 is 57.8 Å². The second-order valence-corrected chi connectivity index (χ2v) is 20.6. The molecule has 2 atom stereocenters. The first-order valence-corrected chi connectivity index (χ1v) is 22.9. The molecule has 2 nitrogen and oxygen atoms in total.